The highest BCUT2D eigenvalue weighted by Crippen LogP contribution is 2.17. The van der Waals surface area contributed by atoms with Gasteiger partial charge in [0.05, 0.1) is 17.8 Å². The molecule has 0 saturated carbocycles. The highest BCUT2D eigenvalue weighted by Gasteiger charge is 2.16. The number of aromatic nitrogens is 2. The molecule has 0 aliphatic heterocycles. The number of rotatable bonds is 4. The second kappa shape index (κ2) is 5.45. The van der Waals surface area contributed by atoms with Crippen LogP contribution in [0.1, 0.15) is 22.3 Å². The molecule has 2 rings (SSSR count). The molecule has 0 atom stereocenters. The van der Waals surface area contributed by atoms with Crippen LogP contribution < -0.4 is 4.72 Å². The molecule has 0 amide bonds. The second-order valence-electron chi connectivity index (χ2n) is 4.46. The van der Waals surface area contributed by atoms with Crippen LogP contribution in [0.3, 0.4) is 0 Å². The molecule has 1 aromatic heterocycles. The van der Waals surface area contributed by atoms with E-state index < -0.39 is 10.0 Å². The molecule has 2 aromatic rings. The number of nitriles is 1. The lowest BCUT2D eigenvalue weighted by Crippen LogP contribution is -2.23. The van der Waals surface area contributed by atoms with Gasteiger partial charge in [-0.05, 0) is 42.7 Å². The van der Waals surface area contributed by atoms with Gasteiger partial charge in [-0.15, -0.1) is 0 Å². The highest BCUT2D eigenvalue weighted by molar-refractivity contribution is 7.89. The molecule has 0 aliphatic rings. The van der Waals surface area contributed by atoms with Crippen molar-refractivity contribution >= 4 is 10.0 Å². The number of aryl methyl sites for hydroxylation is 2. The molecular formula is C13H14N4O2S. The first-order valence-corrected chi connectivity index (χ1v) is 7.41. The van der Waals surface area contributed by atoms with Gasteiger partial charge in [-0.25, -0.2) is 13.1 Å². The molecule has 104 valence electrons. The van der Waals surface area contributed by atoms with E-state index in [2.05, 4.69) is 21.0 Å². The fourth-order valence-corrected chi connectivity index (χ4v) is 2.87. The van der Waals surface area contributed by atoms with Crippen LogP contribution in [-0.4, -0.2) is 18.6 Å². The van der Waals surface area contributed by atoms with E-state index in [-0.39, 0.29) is 11.4 Å². The Bertz CT molecular complexity index is 735. The zero-order valence-corrected chi connectivity index (χ0v) is 12.0. The average molecular weight is 290 g/mol. The molecular weight excluding hydrogens is 276 g/mol. The Hall–Kier alpha value is -2.17. The van der Waals surface area contributed by atoms with Crippen LogP contribution in [-0.2, 0) is 16.6 Å². The smallest absolute Gasteiger partial charge is 0.243 e. The van der Waals surface area contributed by atoms with Crippen molar-refractivity contribution in [2.24, 2.45) is 0 Å². The zero-order valence-electron chi connectivity index (χ0n) is 11.1. The van der Waals surface area contributed by atoms with Crippen LogP contribution in [0.4, 0.5) is 0 Å². The van der Waals surface area contributed by atoms with E-state index in [4.69, 9.17) is 5.26 Å². The van der Waals surface area contributed by atoms with Crippen molar-refractivity contribution < 1.29 is 8.42 Å². The van der Waals surface area contributed by atoms with Crippen molar-refractivity contribution in [3.8, 4) is 6.07 Å². The van der Waals surface area contributed by atoms with Crippen LogP contribution >= 0.6 is 0 Å². The van der Waals surface area contributed by atoms with Crippen LogP contribution in [0.15, 0.2) is 29.4 Å². The Morgan fingerprint density at radius 3 is 2.50 bits per heavy atom. The molecule has 1 heterocycles. The van der Waals surface area contributed by atoms with Crippen LogP contribution in [0.25, 0.3) is 0 Å². The summed E-state index contributed by atoms with van der Waals surface area (Å²) < 4.78 is 26.5. The van der Waals surface area contributed by atoms with E-state index >= 15 is 0 Å². The summed E-state index contributed by atoms with van der Waals surface area (Å²) in [5.41, 5.74) is 3.21. The lowest BCUT2D eigenvalue weighted by molar-refractivity contribution is 0.581. The zero-order chi connectivity index (χ0) is 14.8. The maximum atomic E-state index is 12.0. The summed E-state index contributed by atoms with van der Waals surface area (Å²) in [5.74, 6) is 0. The van der Waals surface area contributed by atoms with Crippen molar-refractivity contribution in [1.29, 1.82) is 5.26 Å². The molecule has 0 spiro atoms. The standard InChI is InChI=1S/C13H14N4O2S/c1-9-3-11(5-14)4-10(2)13(9)8-17-20(18,19)12-6-15-16-7-12/h3-4,6-7,17H,8H2,1-2H3,(H,15,16). The topological polar surface area (TPSA) is 98.6 Å². The van der Waals surface area contributed by atoms with E-state index in [0.29, 0.717) is 5.56 Å². The van der Waals surface area contributed by atoms with Crippen molar-refractivity contribution in [2.45, 2.75) is 25.3 Å². The van der Waals surface area contributed by atoms with Gasteiger partial charge in [-0.1, -0.05) is 0 Å². The number of nitrogens with zero attached hydrogens (tertiary/aromatic N) is 2. The molecule has 0 saturated heterocycles. The normalized spacial score (nSPS) is 11.2. The van der Waals surface area contributed by atoms with Gasteiger partial charge >= 0.3 is 0 Å². The first-order chi connectivity index (χ1) is 9.44. The number of hydrogen-bond acceptors (Lipinski definition) is 4. The molecule has 7 heteroatoms. The van der Waals surface area contributed by atoms with Gasteiger partial charge in [-0.3, -0.25) is 5.10 Å². The summed E-state index contributed by atoms with van der Waals surface area (Å²) in [6.45, 7) is 3.89. The Labute approximate surface area is 117 Å². The number of H-pyrrole nitrogens is 1. The molecule has 0 unspecified atom stereocenters. The van der Waals surface area contributed by atoms with Crippen molar-refractivity contribution in [3.05, 3.63) is 46.8 Å². The van der Waals surface area contributed by atoms with Gasteiger partial charge in [-0.2, -0.15) is 10.4 Å². The third-order valence-corrected chi connectivity index (χ3v) is 4.42. The molecule has 0 fully saturated rings. The summed E-state index contributed by atoms with van der Waals surface area (Å²) in [5, 5.41) is 15.0. The lowest BCUT2D eigenvalue weighted by atomic mass is 10.00. The summed E-state index contributed by atoms with van der Waals surface area (Å²) in [7, 11) is -3.57. The van der Waals surface area contributed by atoms with Gasteiger partial charge in [0.25, 0.3) is 0 Å². The first kappa shape index (κ1) is 14.2. The van der Waals surface area contributed by atoms with Gasteiger partial charge in [0.1, 0.15) is 4.90 Å². The number of aromatic amines is 1. The molecule has 20 heavy (non-hydrogen) atoms. The molecule has 0 bridgehead atoms. The third kappa shape index (κ3) is 2.87. The third-order valence-electron chi connectivity index (χ3n) is 3.05. The van der Waals surface area contributed by atoms with Crippen molar-refractivity contribution in [3.63, 3.8) is 0 Å². The predicted molar refractivity (Wildman–Crippen MR) is 73.2 cm³/mol. The summed E-state index contributed by atoms with van der Waals surface area (Å²) in [6.07, 6.45) is 2.57. The minimum atomic E-state index is -3.57. The molecule has 1 aromatic carbocycles. The van der Waals surface area contributed by atoms with Gasteiger partial charge in [0.15, 0.2) is 0 Å². The highest BCUT2D eigenvalue weighted by atomic mass is 32.2. The maximum absolute atomic E-state index is 12.0. The quantitative estimate of drug-likeness (QED) is 0.888. The van der Waals surface area contributed by atoms with Crippen LogP contribution in [0.5, 0.6) is 0 Å². The van der Waals surface area contributed by atoms with Crippen LogP contribution in [0, 0.1) is 25.2 Å². The van der Waals surface area contributed by atoms with Gasteiger partial charge in [0, 0.05) is 12.7 Å². The Morgan fingerprint density at radius 1 is 1.35 bits per heavy atom. The van der Waals surface area contributed by atoms with Crippen molar-refractivity contribution in [1.82, 2.24) is 14.9 Å². The maximum Gasteiger partial charge on any atom is 0.243 e. The van der Waals surface area contributed by atoms with E-state index in [1.165, 1.54) is 12.4 Å². The monoisotopic (exact) mass is 290 g/mol. The molecule has 0 radical (unpaired) electrons. The second-order valence-corrected chi connectivity index (χ2v) is 6.23. The van der Waals surface area contributed by atoms with Gasteiger partial charge in [0.2, 0.25) is 10.0 Å². The lowest BCUT2D eigenvalue weighted by Gasteiger charge is -2.11. The molecule has 6 nitrogen and oxygen atoms in total. The SMILES string of the molecule is Cc1cc(C#N)cc(C)c1CNS(=O)(=O)c1cn[nH]c1. The van der Waals surface area contributed by atoms with E-state index in [1.807, 2.05) is 13.8 Å². The fraction of sp³-hybridized carbons (Fsp3) is 0.231. The van der Waals surface area contributed by atoms with Crippen LogP contribution in [0.2, 0.25) is 0 Å². The summed E-state index contributed by atoms with van der Waals surface area (Å²) >= 11 is 0. The minimum absolute atomic E-state index is 0.0986. The average Bonchev–Trinajstić information content (AvgIpc) is 2.92. The number of hydrogen-bond donors (Lipinski definition) is 2. The van der Waals surface area contributed by atoms with Gasteiger partial charge < -0.3 is 0 Å². The fourth-order valence-electron chi connectivity index (χ4n) is 1.97. The first-order valence-electron chi connectivity index (χ1n) is 5.92. The Balaban J connectivity index is 2.23. The van der Waals surface area contributed by atoms with E-state index in [9.17, 15) is 8.42 Å². The molecule has 2 N–H and O–H groups in total. The minimum Gasteiger partial charge on any atom is -0.284 e. The predicted octanol–water partition coefficient (Wildman–Crippen LogP) is 1.38. The largest absolute Gasteiger partial charge is 0.284 e. The molecule has 0 aliphatic carbocycles. The number of nitrogens with one attached hydrogen (secondary N) is 2. The number of benzene rings is 1. The summed E-state index contributed by atoms with van der Waals surface area (Å²) in [4.78, 5) is 0.0986. The Kier molecular flexibility index (Phi) is 3.88. The Morgan fingerprint density at radius 2 is 2.00 bits per heavy atom. The number of sulfonamides is 1. The van der Waals surface area contributed by atoms with E-state index in [0.717, 1.165) is 16.7 Å². The van der Waals surface area contributed by atoms with E-state index in [1.54, 1.807) is 12.1 Å². The summed E-state index contributed by atoms with van der Waals surface area (Å²) in [6, 6.07) is 5.57. The van der Waals surface area contributed by atoms with Crippen molar-refractivity contribution in [2.75, 3.05) is 0 Å².